The number of para-hydroxylation sites is 2. The Labute approximate surface area is 127 Å². The number of benzene rings is 2. The SMILES string of the molecule is CC(=Nc1ccccc1)c1c(O)n(-c2ccccc2)[nH]c1=O. The van der Waals surface area contributed by atoms with E-state index in [9.17, 15) is 9.90 Å². The minimum atomic E-state index is -0.376. The van der Waals surface area contributed by atoms with Gasteiger partial charge in [0.15, 0.2) is 0 Å². The van der Waals surface area contributed by atoms with Crippen molar-refractivity contribution in [2.75, 3.05) is 0 Å². The first-order valence-electron chi connectivity index (χ1n) is 6.87. The number of hydrogen-bond donors (Lipinski definition) is 2. The highest BCUT2D eigenvalue weighted by atomic mass is 16.3. The van der Waals surface area contributed by atoms with E-state index in [4.69, 9.17) is 0 Å². The lowest BCUT2D eigenvalue weighted by Crippen LogP contribution is -2.10. The summed E-state index contributed by atoms with van der Waals surface area (Å²) in [6.45, 7) is 1.70. The molecule has 0 aliphatic heterocycles. The molecule has 0 saturated heterocycles. The largest absolute Gasteiger partial charge is 0.493 e. The lowest BCUT2D eigenvalue weighted by molar-refractivity contribution is 0.432. The smallest absolute Gasteiger partial charge is 0.277 e. The van der Waals surface area contributed by atoms with Crippen molar-refractivity contribution in [3.63, 3.8) is 0 Å². The maximum absolute atomic E-state index is 12.1. The molecule has 0 amide bonds. The third-order valence-electron chi connectivity index (χ3n) is 3.31. The molecule has 0 spiro atoms. The molecule has 0 bridgehead atoms. The first kappa shape index (κ1) is 13.9. The average Bonchev–Trinajstić information content (AvgIpc) is 2.84. The molecule has 110 valence electrons. The van der Waals surface area contributed by atoms with Gasteiger partial charge in [-0.1, -0.05) is 36.4 Å². The monoisotopic (exact) mass is 293 g/mol. The zero-order chi connectivity index (χ0) is 15.5. The molecule has 1 heterocycles. The summed E-state index contributed by atoms with van der Waals surface area (Å²) in [5, 5.41) is 13.0. The van der Waals surface area contributed by atoms with Crippen LogP contribution in [0, 0.1) is 0 Å². The lowest BCUT2D eigenvalue weighted by atomic mass is 10.2. The van der Waals surface area contributed by atoms with Crippen molar-refractivity contribution in [3.8, 4) is 11.6 Å². The van der Waals surface area contributed by atoms with Crippen LogP contribution < -0.4 is 5.56 Å². The molecule has 5 nitrogen and oxygen atoms in total. The lowest BCUT2D eigenvalue weighted by Gasteiger charge is -2.04. The van der Waals surface area contributed by atoms with E-state index in [0.29, 0.717) is 11.4 Å². The van der Waals surface area contributed by atoms with Crippen LogP contribution in [0.5, 0.6) is 5.88 Å². The Kier molecular flexibility index (Phi) is 3.62. The third kappa shape index (κ3) is 2.56. The molecule has 5 heteroatoms. The van der Waals surface area contributed by atoms with Gasteiger partial charge >= 0.3 is 0 Å². The molecule has 0 fully saturated rings. The van der Waals surface area contributed by atoms with Gasteiger partial charge in [-0.15, -0.1) is 0 Å². The van der Waals surface area contributed by atoms with Crippen molar-refractivity contribution >= 4 is 11.4 Å². The Balaban J connectivity index is 2.08. The summed E-state index contributed by atoms with van der Waals surface area (Å²) in [6.07, 6.45) is 0. The van der Waals surface area contributed by atoms with Crippen LogP contribution >= 0.6 is 0 Å². The Morgan fingerprint density at radius 1 is 1.05 bits per heavy atom. The summed E-state index contributed by atoms with van der Waals surface area (Å²) in [7, 11) is 0. The summed E-state index contributed by atoms with van der Waals surface area (Å²) < 4.78 is 1.35. The molecule has 1 aromatic heterocycles. The number of aromatic amines is 1. The van der Waals surface area contributed by atoms with Gasteiger partial charge in [0.2, 0.25) is 5.88 Å². The normalized spacial score (nSPS) is 11.6. The van der Waals surface area contributed by atoms with Gasteiger partial charge in [-0.3, -0.25) is 14.9 Å². The van der Waals surface area contributed by atoms with Gasteiger partial charge in [-0.25, -0.2) is 4.68 Å². The minimum absolute atomic E-state index is 0.145. The molecule has 0 atom stereocenters. The van der Waals surface area contributed by atoms with E-state index in [0.717, 1.165) is 5.69 Å². The van der Waals surface area contributed by atoms with Crippen LogP contribution in [0.25, 0.3) is 5.69 Å². The summed E-state index contributed by atoms with van der Waals surface area (Å²) in [5.74, 6) is -0.145. The van der Waals surface area contributed by atoms with E-state index < -0.39 is 0 Å². The second-order valence-electron chi connectivity index (χ2n) is 4.84. The maximum Gasteiger partial charge on any atom is 0.277 e. The third-order valence-corrected chi connectivity index (χ3v) is 3.31. The van der Waals surface area contributed by atoms with Gasteiger partial charge < -0.3 is 5.11 Å². The van der Waals surface area contributed by atoms with Gasteiger partial charge in [0.25, 0.3) is 5.56 Å². The van der Waals surface area contributed by atoms with Gasteiger partial charge in [-0.05, 0) is 31.2 Å². The van der Waals surface area contributed by atoms with E-state index in [1.54, 1.807) is 19.1 Å². The summed E-state index contributed by atoms with van der Waals surface area (Å²) >= 11 is 0. The molecule has 0 aliphatic rings. The van der Waals surface area contributed by atoms with Crippen molar-refractivity contribution < 1.29 is 5.11 Å². The highest BCUT2D eigenvalue weighted by Gasteiger charge is 2.17. The zero-order valence-corrected chi connectivity index (χ0v) is 12.0. The Bertz CT molecular complexity index is 862. The standard InChI is InChI=1S/C17H15N3O2/c1-12(18-13-8-4-2-5-9-13)15-16(21)19-20(17(15)22)14-10-6-3-7-11-14/h2-11,22H,1H3,(H,19,21). The molecule has 0 radical (unpaired) electrons. The number of aliphatic imine (C=N–C) groups is 1. The number of rotatable bonds is 3. The molecule has 0 unspecified atom stereocenters. The second kappa shape index (κ2) is 5.73. The summed E-state index contributed by atoms with van der Waals surface area (Å²) in [6, 6.07) is 18.4. The Hall–Kier alpha value is -3.08. The molecule has 0 saturated carbocycles. The fourth-order valence-corrected chi connectivity index (χ4v) is 2.27. The molecule has 3 aromatic rings. The van der Waals surface area contributed by atoms with Gasteiger partial charge in [0.1, 0.15) is 5.56 Å². The van der Waals surface area contributed by atoms with Crippen molar-refractivity contribution in [2.45, 2.75) is 6.92 Å². The maximum atomic E-state index is 12.1. The van der Waals surface area contributed by atoms with Gasteiger partial charge in [0, 0.05) is 0 Å². The van der Waals surface area contributed by atoms with E-state index in [1.165, 1.54) is 4.68 Å². The number of nitrogens with one attached hydrogen (secondary N) is 1. The number of H-pyrrole nitrogens is 1. The highest BCUT2D eigenvalue weighted by molar-refractivity contribution is 6.01. The fourth-order valence-electron chi connectivity index (χ4n) is 2.27. The first-order valence-corrected chi connectivity index (χ1v) is 6.87. The Morgan fingerprint density at radius 2 is 1.64 bits per heavy atom. The predicted molar refractivity (Wildman–Crippen MR) is 86.4 cm³/mol. The first-order chi connectivity index (χ1) is 10.7. The van der Waals surface area contributed by atoms with E-state index in [-0.39, 0.29) is 17.0 Å². The quantitative estimate of drug-likeness (QED) is 0.729. The molecule has 22 heavy (non-hydrogen) atoms. The molecule has 2 N–H and O–H groups in total. The highest BCUT2D eigenvalue weighted by Crippen LogP contribution is 2.20. The fraction of sp³-hybridized carbons (Fsp3) is 0.0588. The number of nitrogens with zero attached hydrogens (tertiary/aromatic N) is 2. The number of aromatic nitrogens is 2. The second-order valence-corrected chi connectivity index (χ2v) is 4.84. The van der Waals surface area contributed by atoms with Crippen LogP contribution in [-0.4, -0.2) is 20.6 Å². The van der Waals surface area contributed by atoms with Crippen LogP contribution in [0.3, 0.4) is 0 Å². The molecule has 0 aliphatic carbocycles. The van der Waals surface area contributed by atoms with Crippen molar-refractivity contribution in [2.24, 2.45) is 4.99 Å². The molecular formula is C17H15N3O2. The van der Waals surface area contributed by atoms with Gasteiger partial charge in [-0.2, -0.15) is 0 Å². The number of aromatic hydroxyl groups is 1. The van der Waals surface area contributed by atoms with Crippen molar-refractivity contribution in [1.82, 2.24) is 9.78 Å². The Morgan fingerprint density at radius 3 is 2.27 bits per heavy atom. The average molecular weight is 293 g/mol. The van der Waals surface area contributed by atoms with Crippen LogP contribution in [0.15, 0.2) is 70.5 Å². The summed E-state index contributed by atoms with van der Waals surface area (Å²) in [5.41, 5.74) is 1.66. The van der Waals surface area contributed by atoms with Gasteiger partial charge in [0.05, 0.1) is 17.1 Å². The molecule has 2 aromatic carbocycles. The topological polar surface area (TPSA) is 70.4 Å². The molecule has 3 rings (SSSR count). The van der Waals surface area contributed by atoms with Crippen LogP contribution in [0.2, 0.25) is 0 Å². The van der Waals surface area contributed by atoms with E-state index >= 15 is 0 Å². The van der Waals surface area contributed by atoms with Crippen molar-refractivity contribution in [1.29, 1.82) is 0 Å². The predicted octanol–water partition coefficient (Wildman–Crippen LogP) is 3.01. The van der Waals surface area contributed by atoms with Crippen LogP contribution in [0.4, 0.5) is 5.69 Å². The number of hydrogen-bond acceptors (Lipinski definition) is 3. The zero-order valence-electron chi connectivity index (χ0n) is 12.0. The van der Waals surface area contributed by atoms with E-state index in [1.807, 2.05) is 48.5 Å². The van der Waals surface area contributed by atoms with Crippen LogP contribution in [0.1, 0.15) is 12.5 Å². The molecular weight excluding hydrogens is 278 g/mol. The summed E-state index contributed by atoms with van der Waals surface area (Å²) in [4.78, 5) is 16.5. The minimum Gasteiger partial charge on any atom is -0.493 e. The van der Waals surface area contributed by atoms with Crippen LogP contribution in [-0.2, 0) is 0 Å². The van der Waals surface area contributed by atoms with E-state index in [2.05, 4.69) is 10.1 Å². The van der Waals surface area contributed by atoms with Crippen molar-refractivity contribution in [3.05, 3.63) is 76.6 Å².